The van der Waals surface area contributed by atoms with Crippen LogP contribution in [0.3, 0.4) is 0 Å². The number of nitrogens with one attached hydrogen (secondary N) is 1. The molecule has 2 heterocycles. The number of nitrogens with zero attached hydrogens (tertiary/aromatic N) is 2. The van der Waals surface area contributed by atoms with Gasteiger partial charge in [-0.3, -0.25) is 10.3 Å². The number of nitrogens with two attached hydrogens (primary N) is 1. The van der Waals surface area contributed by atoms with Gasteiger partial charge in [0.1, 0.15) is 0 Å². The number of amidine groups is 1. The number of piperidine rings is 1. The van der Waals surface area contributed by atoms with Crippen LogP contribution in [0, 0.1) is 11.3 Å². The summed E-state index contributed by atoms with van der Waals surface area (Å²) in [5.41, 5.74) is 5.60. The highest BCUT2D eigenvalue weighted by Gasteiger charge is 2.26. The van der Waals surface area contributed by atoms with Crippen LogP contribution < -0.4 is 5.73 Å². The fraction of sp³-hybridized carbons (Fsp3) is 0.917. The van der Waals surface area contributed by atoms with Crippen molar-refractivity contribution < 1.29 is 4.74 Å². The Kier molecular flexibility index (Phi) is 4.36. The second-order valence-electron chi connectivity index (χ2n) is 5.31. The SMILES string of the molecule is CN1CCOC(CN2CCCC(C(=N)N)C2)C1. The van der Waals surface area contributed by atoms with E-state index in [0.717, 1.165) is 52.2 Å². The van der Waals surface area contributed by atoms with Crippen molar-refractivity contribution in [2.45, 2.75) is 18.9 Å². The van der Waals surface area contributed by atoms with Crippen molar-refractivity contribution in [3.8, 4) is 0 Å². The molecule has 2 unspecified atom stereocenters. The first-order chi connectivity index (χ1) is 8.15. The predicted molar refractivity (Wildman–Crippen MR) is 68.3 cm³/mol. The van der Waals surface area contributed by atoms with Gasteiger partial charge in [-0.15, -0.1) is 0 Å². The summed E-state index contributed by atoms with van der Waals surface area (Å²) < 4.78 is 5.78. The van der Waals surface area contributed by atoms with Crippen LogP contribution in [0.5, 0.6) is 0 Å². The number of likely N-dealkylation sites (tertiary alicyclic amines) is 1. The third-order valence-corrected chi connectivity index (χ3v) is 3.75. The van der Waals surface area contributed by atoms with Gasteiger partial charge in [0.15, 0.2) is 0 Å². The number of likely N-dealkylation sites (N-methyl/N-ethyl adjacent to an activating group) is 1. The van der Waals surface area contributed by atoms with E-state index in [1.54, 1.807) is 0 Å². The quantitative estimate of drug-likeness (QED) is 0.537. The Morgan fingerprint density at radius 3 is 2.94 bits per heavy atom. The molecule has 5 heteroatoms. The van der Waals surface area contributed by atoms with Crippen molar-refractivity contribution in [2.75, 3.05) is 46.4 Å². The molecule has 2 rings (SSSR count). The van der Waals surface area contributed by atoms with Gasteiger partial charge in [-0.05, 0) is 26.4 Å². The number of ether oxygens (including phenoxy) is 1. The van der Waals surface area contributed by atoms with Gasteiger partial charge < -0.3 is 15.4 Å². The highest BCUT2D eigenvalue weighted by Crippen LogP contribution is 2.17. The third kappa shape index (κ3) is 3.66. The van der Waals surface area contributed by atoms with Crippen LogP contribution in [0.2, 0.25) is 0 Å². The lowest BCUT2D eigenvalue weighted by atomic mass is 9.97. The van der Waals surface area contributed by atoms with Crippen molar-refractivity contribution in [1.29, 1.82) is 5.41 Å². The zero-order chi connectivity index (χ0) is 12.3. The first-order valence-corrected chi connectivity index (χ1v) is 6.51. The Bertz CT molecular complexity index is 271. The van der Waals surface area contributed by atoms with E-state index in [4.69, 9.17) is 15.9 Å². The molecule has 2 aliphatic rings. The zero-order valence-electron chi connectivity index (χ0n) is 10.7. The molecule has 0 aromatic carbocycles. The smallest absolute Gasteiger partial charge is 0.0949 e. The lowest BCUT2D eigenvalue weighted by Crippen LogP contribution is -2.49. The van der Waals surface area contributed by atoms with Crippen molar-refractivity contribution in [2.24, 2.45) is 11.7 Å². The molecule has 98 valence electrons. The maximum atomic E-state index is 7.54. The van der Waals surface area contributed by atoms with Crippen molar-refractivity contribution in [3.63, 3.8) is 0 Å². The molecule has 17 heavy (non-hydrogen) atoms. The first kappa shape index (κ1) is 12.8. The van der Waals surface area contributed by atoms with E-state index >= 15 is 0 Å². The summed E-state index contributed by atoms with van der Waals surface area (Å²) in [4.78, 5) is 4.72. The Labute approximate surface area is 103 Å². The summed E-state index contributed by atoms with van der Waals surface area (Å²) in [5.74, 6) is 0.599. The molecular weight excluding hydrogens is 216 g/mol. The van der Waals surface area contributed by atoms with Crippen LogP contribution in [-0.2, 0) is 4.74 Å². The summed E-state index contributed by atoms with van der Waals surface area (Å²) in [7, 11) is 2.14. The molecule has 2 saturated heterocycles. The highest BCUT2D eigenvalue weighted by molar-refractivity contribution is 5.79. The molecule has 0 aromatic rings. The second kappa shape index (κ2) is 5.80. The summed E-state index contributed by atoms with van der Waals surface area (Å²) in [5, 5.41) is 7.54. The Morgan fingerprint density at radius 2 is 2.24 bits per heavy atom. The Morgan fingerprint density at radius 1 is 1.41 bits per heavy atom. The average Bonchev–Trinajstić information content (AvgIpc) is 2.29. The Balaban J connectivity index is 1.79. The molecule has 0 radical (unpaired) electrons. The fourth-order valence-corrected chi connectivity index (χ4v) is 2.74. The van der Waals surface area contributed by atoms with Crippen LogP contribution in [0.1, 0.15) is 12.8 Å². The lowest BCUT2D eigenvalue weighted by molar-refractivity contribution is -0.0389. The second-order valence-corrected chi connectivity index (χ2v) is 5.31. The van der Waals surface area contributed by atoms with Crippen molar-refractivity contribution >= 4 is 5.84 Å². The van der Waals surface area contributed by atoms with E-state index < -0.39 is 0 Å². The Hall–Kier alpha value is -0.650. The van der Waals surface area contributed by atoms with Crippen molar-refractivity contribution in [1.82, 2.24) is 9.80 Å². The highest BCUT2D eigenvalue weighted by atomic mass is 16.5. The molecule has 3 N–H and O–H groups in total. The molecule has 0 aliphatic carbocycles. The standard InChI is InChI=1S/C12H24N4O/c1-15-5-6-17-11(8-15)9-16-4-2-3-10(7-16)12(13)14/h10-11H,2-9H2,1H3,(H3,13,14). The van der Waals surface area contributed by atoms with E-state index in [9.17, 15) is 0 Å². The van der Waals surface area contributed by atoms with Crippen LogP contribution in [0.25, 0.3) is 0 Å². The summed E-state index contributed by atoms with van der Waals surface area (Å²) in [6.45, 7) is 5.92. The number of hydrogen-bond donors (Lipinski definition) is 2. The molecule has 0 spiro atoms. The van der Waals surface area contributed by atoms with Gasteiger partial charge in [-0.1, -0.05) is 0 Å². The molecule has 0 amide bonds. The number of morpholine rings is 1. The van der Waals surface area contributed by atoms with Crippen LogP contribution in [0.4, 0.5) is 0 Å². The van der Waals surface area contributed by atoms with Gasteiger partial charge in [0.05, 0.1) is 18.5 Å². The lowest BCUT2D eigenvalue weighted by Gasteiger charge is -2.37. The van der Waals surface area contributed by atoms with E-state index in [1.165, 1.54) is 0 Å². The predicted octanol–water partition coefficient (Wildman–Crippen LogP) is -0.0350. The average molecular weight is 240 g/mol. The minimum atomic E-state index is 0.255. The molecule has 0 saturated carbocycles. The first-order valence-electron chi connectivity index (χ1n) is 6.51. The van der Waals surface area contributed by atoms with Gasteiger partial charge in [-0.2, -0.15) is 0 Å². The van der Waals surface area contributed by atoms with Crippen LogP contribution >= 0.6 is 0 Å². The minimum absolute atomic E-state index is 0.255. The normalized spacial score (nSPS) is 32.5. The van der Waals surface area contributed by atoms with Crippen LogP contribution in [0.15, 0.2) is 0 Å². The number of rotatable bonds is 3. The maximum Gasteiger partial charge on any atom is 0.0949 e. The van der Waals surface area contributed by atoms with E-state index in [2.05, 4.69) is 16.8 Å². The monoisotopic (exact) mass is 240 g/mol. The van der Waals surface area contributed by atoms with E-state index in [0.29, 0.717) is 11.9 Å². The third-order valence-electron chi connectivity index (χ3n) is 3.75. The van der Waals surface area contributed by atoms with Gasteiger partial charge in [0.2, 0.25) is 0 Å². The summed E-state index contributed by atoms with van der Waals surface area (Å²) in [6, 6.07) is 0. The topological polar surface area (TPSA) is 65.6 Å². The van der Waals surface area contributed by atoms with E-state index in [-0.39, 0.29) is 5.92 Å². The van der Waals surface area contributed by atoms with E-state index in [1.807, 2.05) is 0 Å². The van der Waals surface area contributed by atoms with Gasteiger partial charge in [0, 0.05) is 32.1 Å². The van der Waals surface area contributed by atoms with Crippen molar-refractivity contribution in [3.05, 3.63) is 0 Å². The molecule has 5 nitrogen and oxygen atoms in total. The molecule has 0 bridgehead atoms. The molecule has 2 fully saturated rings. The molecular formula is C12H24N4O. The van der Waals surface area contributed by atoms with Gasteiger partial charge in [0.25, 0.3) is 0 Å². The minimum Gasteiger partial charge on any atom is -0.387 e. The fourth-order valence-electron chi connectivity index (χ4n) is 2.74. The van der Waals surface area contributed by atoms with Gasteiger partial charge >= 0.3 is 0 Å². The maximum absolute atomic E-state index is 7.54. The molecule has 0 aromatic heterocycles. The largest absolute Gasteiger partial charge is 0.387 e. The summed E-state index contributed by atoms with van der Waals surface area (Å²) in [6.07, 6.45) is 2.53. The molecule has 2 aliphatic heterocycles. The van der Waals surface area contributed by atoms with Gasteiger partial charge in [-0.25, -0.2) is 0 Å². The molecule has 2 atom stereocenters. The van der Waals surface area contributed by atoms with Crippen LogP contribution in [-0.4, -0.2) is 68.1 Å². The number of hydrogen-bond acceptors (Lipinski definition) is 4. The zero-order valence-corrected chi connectivity index (χ0v) is 10.7. The summed E-state index contributed by atoms with van der Waals surface area (Å²) >= 11 is 0.